The number of aryl methyl sites for hydroxylation is 2. The number of nitrogens with zero attached hydrogens (tertiary/aromatic N) is 2. The van der Waals surface area contributed by atoms with Crippen LogP contribution in [0.25, 0.3) is 10.2 Å². The van der Waals surface area contributed by atoms with Gasteiger partial charge in [-0.1, -0.05) is 36.6 Å². The number of thioether (sulfide) groups is 1. The van der Waals surface area contributed by atoms with Crippen LogP contribution in [0.1, 0.15) is 30.5 Å². The number of fused-ring (bicyclic) bond motifs is 1. The van der Waals surface area contributed by atoms with Crippen molar-refractivity contribution in [2.45, 2.75) is 37.9 Å². The van der Waals surface area contributed by atoms with E-state index in [1.165, 1.54) is 5.39 Å². The summed E-state index contributed by atoms with van der Waals surface area (Å²) in [5.74, 6) is 0.151. The van der Waals surface area contributed by atoms with Crippen molar-refractivity contribution in [1.29, 1.82) is 0 Å². The molecule has 30 heavy (non-hydrogen) atoms. The fourth-order valence-electron chi connectivity index (χ4n) is 3.74. The van der Waals surface area contributed by atoms with E-state index in [2.05, 4.69) is 24.2 Å². The van der Waals surface area contributed by atoms with Crippen molar-refractivity contribution in [3.05, 3.63) is 59.2 Å². The topological polar surface area (TPSA) is 76.3 Å². The highest BCUT2D eigenvalue weighted by Crippen LogP contribution is 2.48. The Hall–Kier alpha value is -2.38. The van der Waals surface area contributed by atoms with Gasteiger partial charge in [0.2, 0.25) is 6.41 Å². The van der Waals surface area contributed by atoms with Crippen LogP contribution in [0.15, 0.2) is 47.9 Å². The Labute approximate surface area is 185 Å². The summed E-state index contributed by atoms with van der Waals surface area (Å²) in [4.78, 5) is 31.0. The van der Waals surface area contributed by atoms with Gasteiger partial charge in [0.1, 0.15) is 4.83 Å². The van der Waals surface area contributed by atoms with E-state index in [-0.39, 0.29) is 10.5 Å². The summed E-state index contributed by atoms with van der Waals surface area (Å²) < 4.78 is -0.0490. The maximum atomic E-state index is 12.1. The van der Waals surface area contributed by atoms with Gasteiger partial charge < -0.3 is 10.6 Å². The number of nitrogen functional groups attached to an aromatic ring is 1. The number of amides is 1. The smallest absolute Gasteiger partial charge is 0.209 e. The predicted octanol–water partition coefficient (Wildman–Crippen LogP) is 4.80. The van der Waals surface area contributed by atoms with Crippen LogP contribution in [0.2, 0.25) is 0 Å². The maximum absolute atomic E-state index is 12.1. The third-order valence-electron chi connectivity index (χ3n) is 5.60. The first-order chi connectivity index (χ1) is 14.3. The summed E-state index contributed by atoms with van der Waals surface area (Å²) in [7, 11) is 0. The molecule has 2 aromatic heterocycles. The minimum absolute atomic E-state index is 0.0490. The lowest BCUT2D eigenvalue weighted by molar-refractivity contribution is -0.119. The van der Waals surface area contributed by atoms with E-state index >= 15 is 0 Å². The zero-order valence-electron chi connectivity index (χ0n) is 17.4. The molecule has 1 amide bonds. The predicted molar refractivity (Wildman–Crippen MR) is 128 cm³/mol. The fraction of sp³-hybridized carbons (Fsp3) is 0.348. The highest BCUT2D eigenvalue weighted by molar-refractivity contribution is 8.04. The SMILES string of the molecule is C=CC1=C(C=C)C(=O)CC2(CCN(C=O)CC2)S1.Cc1ccc2c(C)c(N)sc2n1. The first kappa shape index (κ1) is 22.3. The monoisotopic (exact) mass is 441 g/mol. The van der Waals surface area contributed by atoms with Gasteiger partial charge in [0.05, 0.1) is 5.00 Å². The Morgan fingerprint density at radius 2 is 1.90 bits per heavy atom. The number of rotatable bonds is 3. The molecule has 1 spiro atoms. The molecule has 2 N–H and O–H groups in total. The second kappa shape index (κ2) is 9.18. The zero-order chi connectivity index (χ0) is 21.9. The normalized spacial score (nSPS) is 18.2. The third kappa shape index (κ3) is 4.52. The number of carbonyl (C=O) groups is 2. The summed E-state index contributed by atoms with van der Waals surface area (Å²) in [5.41, 5.74) is 8.67. The van der Waals surface area contributed by atoms with Gasteiger partial charge >= 0.3 is 0 Å². The van der Waals surface area contributed by atoms with Crippen LogP contribution in [0.5, 0.6) is 0 Å². The van der Waals surface area contributed by atoms with Gasteiger partial charge in [-0.05, 0) is 44.4 Å². The number of aromatic nitrogens is 1. The molecule has 0 atom stereocenters. The Balaban J connectivity index is 0.000000184. The molecule has 5 nitrogen and oxygen atoms in total. The second-order valence-corrected chi connectivity index (χ2v) is 10.1. The van der Waals surface area contributed by atoms with Crippen LogP contribution in [-0.4, -0.2) is 39.9 Å². The van der Waals surface area contributed by atoms with E-state index in [1.807, 2.05) is 19.9 Å². The number of hydrogen-bond donors (Lipinski definition) is 1. The number of anilines is 1. The highest BCUT2D eigenvalue weighted by Gasteiger charge is 2.41. The standard InChI is InChI=1S/C14H17NO2S.C9H10N2S/c1-3-11-12(17)9-14(18-13(11)4-2)5-7-15(10-16)8-6-14;1-5-3-4-7-6(2)8(10)12-9(7)11-5/h3-4,10H,1-2,5-9H2;3-4H,10H2,1-2H3. The van der Waals surface area contributed by atoms with Gasteiger partial charge in [-0.3, -0.25) is 9.59 Å². The molecule has 0 bridgehead atoms. The lowest BCUT2D eigenvalue weighted by Crippen LogP contribution is -2.44. The molecule has 158 valence electrons. The van der Waals surface area contributed by atoms with E-state index in [4.69, 9.17) is 5.73 Å². The molecule has 1 saturated heterocycles. The summed E-state index contributed by atoms with van der Waals surface area (Å²) in [6, 6.07) is 4.10. The molecule has 0 radical (unpaired) electrons. The third-order valence-corrected chi connectivity index (χ3v) is 8.23. The fourth-order valence-corrected chi connectivity index (χ4v) is 6.18. The second-order valence-electron chi connectivity index (χ2n) is 7.61. The van der Waals surface area contributed by atoms with Crippen LogP contribution >= 0.6 is 23.1 Å². The number of carbonyl (C=O) groups excluding carboxylic acids is 2. The van der Waals surface area contributed by atoms with Gasteiger partial charge in [-0.2, -0.15) is 0 Å². The largest absolute Gasteiger partial charge is 0.390 e. The van der Waals surface area contributed by atoms with Crippen molar-refractivity contribution in [1.82, 2.24) is 9.88 Å². The van der Waals surface area contributed by atoms with Gasteiger partial charge in [0.25, 0.3) is 0 Å². The number of nitrogens with two attached hydrogens (primary N) is 1. The van der Waals surface area contributed by atoms with Crippen LogP contribution in [0.4, 0.5) is 5.00 Å². The first-order valence-electron chi connectivity index (χ1n) is 9.85. The number of Topliss-reactive ketones (excluding diaryl/α,β-unsaturated/α-hetero) is 1. The van der Waals surface area contributed by atoms with Crippen LogP contribution in [0.3, 0.4) is 0 Å². The van der Waals surface area contributed by atoms with Crippen LogP contribution in [-0.2, 0) is 9.59 Å². The minimum Gasteiger partial charge on any atom is -0.390 e. The molecule has 4 heterocycles. The molecular formula is C23H27N3O2S2. The molecule has 4 rings (SSSR count). The molecule has 2 aliphatic heterocycles. The number of piperidine rings is 1. The van der Waals surface area contributed by atoms with Gasteiger partial charge in [-0.15, -0.1) is 11.8 Å². The van der Waals surface area contributed by atoms with Gasteiger partial charge in [0, 0.05) is 45.8 Å². The Kier molecular flexibility index (Phi) is 6.83. The number of allylic oxidation sites excluding steroid dienone is 3. The maximum Gasteiger partial charge on any atom is 0.209 e. The summed E-state index contributed by atoms with van der Waals surface area (Å²) in [5, 5.41) is 2.06. The highest BCUT2D eigenvalue weighted by atomic mass is 32.2. The van der Waals surface area contributed by atoms with Gasteiger partial charge in [0.15, 0.2) is 5.78 Å². The average molecular weight is 442 g/mol. The molecule has 2 aliphatic rings. The molecular weight excluding hydrogens is 414 g/mol. The van der Waals surface area contributed by atoms with Crippen molar-refractivity contribution < 1.29 is 9.59 Å². The number of hydrogen-bond acceptors (Lipinski definition) is 6. The van der Waals surface area contributed by atoms with Crippen molar-refractivity contribution in [3.63, 3.8) is 0 Å². The number of pyridine rings is 1. The Morgan fingerprint density at radius 3 is 2.50 bits per heavy atom. The van der Waals surface area contributed by atoms with Crippen LogP contribution < -0.4 is 5.73 Å². The van der Waals surface area contributed by atoms with Crippen molar-refractivity contribution >= 4 is 50.5 Å². The van der Waals surface area contributed by atoms with E-state index in [9.17, 15) is 9.59 Å². The minimum atomic E-state index is -0.0490. The lowest BCUT2D eigenvalue weighted by atomic mass is 9.88. The van der Waals surface area contributed by atoms with E-state index < -0.39 is 0 Å². The summed E-state index contributed by atoms with van der Waals surface area (Å²) in [6.07, 6.45) is 6.53. The van der Waals surface area contributed by atoms with E-state index in [0.717, 1.165) is 58.3 Å². The number of ketones is 1. The summed E-state index contributed by atoms with van der Waals surface area (Å²) >= 11 is 3.29. The number of thiophene rings is 1. The number of likely N-dealkylation sites (tertiary alicyclic amines) is 1. The molecule has 0 saturated carbocycles. The molecule has 7 heteroatoms. The quantitative estimate of drug-likeness (QED) is 0.692. The lowest BCUT2D eigenvalue weighted by Gasteiger charge is -2.42. The summed E-state index contributed by atoms with van der Waals surface area (Å²) in [6.45, 7) is 13.0. The van der Waals surface area contributed by atoms with Crippen LogP contribution in [0, 0.1) is 13.8 Å². The van der Waals surface area contributed by atoms with E-state index in [1.54, 1.807) is 40.2 Å². The Bertz CT molecular complexity index is 1030. The first-order valence-corrected chi connectivity index (χ1v) is 11.5. The van der Waals surface area contributed by atoms with Crippen molar-refractivity contribution in [2.24, 2.45) is 0 Å². The Morgan fingerprint density at radius 1 is 1.20 bits per heavy atom. The average Bonchev–Trinajstić information content (AvgIpc) is 3.01. The van der Waals surface area contributed by atoms with Gasteiger partial charge in [-0.25, -0.2) is 4.98 Å². The molecule has 0 aromatic carbocycles. The van der Waals surface area contributed by atoms with Crippen molar-refractivity contribution in [2.75, 3.05) is 18.8 Å². The molecule has 0 unspecified atom stereocenters. The zero-order valence-corrected chi connectivity index (χ0v) is 19.1. The molecule has 0 aliphatic carbocycles. The van der Waals surface area contributed by atoms with Crippen molar-refractivity contribution in [3.8, 4) is 0 Å². The molecule has 1 fully saturated rings. The molecule has 2 aromatic rings. The van der Waals surface area contributed by atoms with E-state index in [0.29, 0.717) is 12.0 Å².